The third-order valence-corrected chi connectivity index (χ3v) is 2.34. The highest BCUT2D eigenvalue weighted by molar-refractivity contribution is 6.00. The highest BCUT2D eigenvalue weighted by Gasteiger charge is 2.31. The topological polar surface area (TPSA) is 74.7 Å². The fraction of sp³-hybridized carbons (Fsp3) is 0.455. The molecular formula is C11H15F3N4O. The van der Waals surface area contributed by atoms with Crippen LogP contribution in [0.4, 0.5) is 18.9 Å². The van der Waals surface area contributed by atoms with Crippen molar-refractivity contribution < 1.29 is 18.4 Å². The van der Waals surface area contributed by atoms with E-state index in [2.05, 4.69) is 10.1 Å². The van der Waals surface area contributed by atoms with Crippen LogP contribution in [0.15, 0.2) is 23.5 Å². The smallest absolute Gasteiger partial charge is 0.405 e. The molecule has 0 saturated heterocycles. The number of hydrogen-bond acceptors (Lipinski definition) is 4. The zero-order valence-electron chi connectivity index (χ0n) is 10.4. The maximum absolute atomic E-state index is 12.6. The van der Waals surface area contributed by atoms with Crippen molar-refractivity contribution in [2.45, 2.75) is 19.5 Å². The summed E-state index contributed by atoms with van der Waals surface area (Å²) in [7, 11) is 0. The second-order valence-corrected chi connectivity index (χ2v) is 3.89. The van der Waals surface area contributed by atoms with Crippen molar-refractivity contribution >= 4 is 11.5 Å². The summed E-state index contributed by atoms with van der Waals surface area (Å²) in [5.41, 5.74) is 5.64. The summed E-state index contributed by atoms with van der Waals surface area (Å²) in [5.74, 6) is -0.320. The van der Waals surface area contributed by atoms with Crippen LogP contribution in [-0.4, -0.2) is 35.3 Å². The number of halogens is 3. The van der Waals surface area contributed by atoms with E-state index in [0.29, 0.717) is 6.42 Å². The largest absolute Gasteiger partial charge is 0.409 e. The lowest BCUT2D eigenvalue weighted by Crippen LogP contribution is -2.36. The zero-order valence-corrected chi connectivity index (χ0v) is 10.4. The van der Waals surface area contributed by atoms with Crippen molar-refractivity contribution in [3.8, 4) is 0 Å². The third kappa shape index (κ3) is 4.31. The number of oxime groups is 1. The molecule has 1 rings (SSSR count). The summed E-state index contributed by atoms with van der Waals surface area (Å²) < 4.78 is 37.7. The molecule has 1 aromatic heterocycles. The van der Waals surface area contributed by atoms with Crippen LogP contribution in [0.1, 0.15) is 19.0 Å². The average Bonchev–Trinajstić information content (AvgIpc) is 2.36. The van der Waals surface area contributed by atoms with Gasteiger partial charge in [0.05, 0.1) is 5.69 Å². The Bertz CT molecular complexity index is 448. The Labute approximate surface area is 108 Å². The zero-order chi connectivity index (χ0) is 14.5. The number of pyridine rings is 1. The normalized spacial score (nSPS) is 12.5. The molecule has 1 aromatic rings. The number of nitrogens with two attached hydrogens (primary N) is 1. The van der Waals surface area contributed by atoms with Gasteiger partial charge in [-0.05, 0) is 18.6 Å². The molecule has 0 unspecified atom stereocenters. The van der Waals surface area contributed by atoms with E-state index in [4.69, 9.17) is 10.9 Å². The maximum Gasteiger partial charge on any atom is 0.405 e. The molecule has 0 aliphatic rings. The Balaban J connectivity index is 3.15. The second-order valence-electron chi connectivity index (χ2n) is 3.89. The number of aromatic nitrogens is 1. The first-order valence-electron chi connectivity index (χ1n) is 5.63. The standard InChI is InChI=1S/C11H15F3N4O/c1-2-6-18(7-11(12,13)14)8-4-3-5-16-9(8)10(15)17-19/h3-5,19H,2,6-7H2,1H3,(H2,15,17). The van der Waals surface area contributed by atoms with Gasteiger partial charge in [-0.25, -0.2) is 0 Å². The van der Waals surface area contributed by atoms with Crippen LogP contribution in [0.3, 0.4) is 0 Å². The van der Waals surface area contributed by atoms with Gasteiger partial charge in [0.15, 0.2) is 5.84 Å². The van der Waals surface area contributed by atoms with Gasteiger partial charge >= 0.3 is 6.18 Å². The minimum atomic E-state index is -4.34. The lowest BCUT2D eigenvalue weighted by atomic mass is 10.2. The average molecular weight is 276 g/mol. The summed E-state index contributed by atoms with van der Waals surface area (Å²) in [6.07, 6.45) is -2.44. The minimum Gasteiger partial charge on any atom is -0.409 e. The molecule has 0 bridgehead atoms. The van der Waals surface area contributed by atoms with Gasteiger partial charge in [-0.2, -0.15) is 13.2 Å². The van der Waals surface area contributed by atoms with Crippen LogP contribution in [0.2, 0.25) is 0 Å². The first-order chi connectivity index (χ1) is 8.89. The predicted molar refractivity (Wildman–Crippen MR) is 65.3 cm³/mol. The fourth-order valence-corrected chi connectivity index (χ4v) is 1.67. The molecule has 106 valence electrons. The van der Waals surface area contributed by atoms with Crippen LogP contribution in [-0.2, 0) is 0 Å². The van der Waals surface area contributed by atoms with Crippen molar-refractivity contribution in [3.05, 3.63) is 24.0 Å². The molecule has 5 nitrogen and oxygen atoms in total. The monoisotopic (exact) mass is 276 g/mol. The number of hydrogen-bond donors (Lipinski definition) is 2. The van der Waals surface area contributed by atoms with Crippen LogP contribution in [0.5, 0.6) is 0 Å². The Hall–Kier alpha value is -1.99. The van der Waals surface area contributed by atoms with Gasteiger partial charge in [-0.3, -0.25) is 4.98 Å². The molecule has 3 N–H and O–H groups in total. The minimum absolute atomic E-state index is 0.0303. The van der Waals surface area contributed by atoms with Crippen molar-refractivity contribution in [3.63, 3.8) is 0 Å². The van der Waals surface area contributed by atoms with Crippen LogP contribution >= 0.6 is 0 Å². The molecule has 0 spiro atoms. The van der Waals surface area contributed by atoms with Gasteiger partial charge in [0, 0.05) is 12.7 Å². The van der Waals surface area contributed by atoms with E-state index in [1.165, 1.54) is 18.3 Å². The van der Waals surface area contributed by atoms with Crippen LogP contribution < -0.4 is 10.6 Å². The lowest BCUT2D eigenvalue weighted by Gasteiger charge is -2.26. The van der Waals surface area contributed by atoms with E-state index >= 15 is 0 Å². The number of alkyl halides is 3. The second kappa shape index (κ2) is 6.26. The Kier molecular flexibility index (Phi) is 4.96. The molecule has 1 heterocycles. The highest BCUT2D eigenvalue weighted by Crippen LogP contribution is 2.24. The molecule has 0 aromatic carbocycles. The molecule has 0 fully saturated rings. The van der Waals surface area contributed by atoms with Gasteiger partial charge in [-0.1, -0.05) is 12.1 Å². The van der Waals surface area contributed by atoms with Gasteiger partial charge < -0.3 is 15.8 Å². The summed E-state index contributed by atoms with van der Waals surface area (Å²) >= 11 is 0. The van der Waals surface area contributed by atoms with Crippen molar-refractivity contribution in [1.82, 2.24) is 4.98 Å². The number of nitrogens with zero attached hydrogens (tertiary/aromatic N) is 3. The van der Waals surface area contributed by atoms with E-state index in [0.717, 1.165) is 4.90 Å². The number of rotatable bonds is 5. The predicted octanol–water partition coefficient (Wildman–Crippen LogP) is 1.95. The number of anilines is 1. The fourth-order valence-electron chi connectivity index (χ4n) is 1.67. The third-order valence-electron chi connectivity index (χ3n) is 2.34. The molecule has 0 amide bonds. The molecule has 0 atom stereocenters. The molecule has 0 radical (unpaired) electrons. The molecule has 0 aliphatic heterocycles. The van der Waals surface area contributed by atoms with Gasteiger partial charge in [0.2, 0.25) is 0 Å². The summed E-state index contributed by atoms with van der Waals surface area (Å²) in [4.78, 5) is 4.97. The van der Waals surface area contributed by atoms with Crippen LogP contribution in [0.25, 0.3) is 0 Å². The lowest BCUT2D eigenvalue weighted by molar-refractivity contribution is -0.119. The van der Waals surface area contributed by atoms with Crippen molar-refractivity contribution in [1.29, 1.82) is 0 Å². The SMILES string of the molecule is CCCN(CC(F)(F)F)c1cccnc1/C(N)=N/O. The quantitative estimate of drug-likeness (QED) is 0.373. The molecular weight excluding hydrogens is 261 g/mol. The van der Waals surface area contributed by atoms with Crippen molar-refractivity contribution in [2.75, 3.05) is 18.0 Å². The Morgan fingerprint density at radius 1 is 1.53 bits per heavy atom. The Morgan fingerprint density at radius 3 is 2.74 bits per heavy atom. The number of amidine groups is 1. The van der Waals surface area contributed by atoms with Crippen molar-refractivity contribution in [2.24, 2.45) is 10.9 Å². The van der Waals surface area contributed by atoms with Gasteiger partial charge in [0.25, 0.3) is 0 Å². The molecule has 8 heteroatoms. The van der Waals surface area contributed by atoms with Gasteiger partial charge in [0.1, 0.15) is 12.2 Å². The van der Waals surface area contributed by atoms with E-state index in [1.807, 2.05) is 0 Å². The summed E-state index contributed by atoms with van der Waals surface area (Å²) in [5, 5.41) is 11.4. The molecule has 19 heavy (non-hydrogen) atoms. The molecule has 0 aliphatic carbocycles. The van der Waals surface area contributed by atoms with Gasteiger partial charge in [-0.15, -0.1) is 0 Å². The van der Waals surface area contributed by atoms with E-state index in [-0.39, 0.29) is 23.8 Å². The first-order valence-corrected chi connectivity index (χ1v) is 5.63. The first kappa shape index (κ1) is 15.1. The maximum atomic E-state index is 12.6. The van der Waals surface area contributed by atoms with E-state index in [1.54, 1.807) is 6.92 Å². The highest BCUT2D eigenvalue weighted by atomic mass is 19.4. The van der Waals surface area contributed by atoms with Crippen LogP contribution in [0, 0.1) is 0 Å². The van der Waals surface area contributed by atoms with E-state index in [9.17, 15) is 13.2 Å². The van der Waals surface area contributed by atoms with E-state index < -0.39 is 12.7 Å². The summed E-state index contributed by atoms with van der Waals surface area (Å²) in [6.45, 7) is 0.845. The molecule has 0 saturated carbocycles. The Morgan fingerprint density at radius 2 is 2.21 bits per heavy atom. The summed E-state index contributed by atoms with van der Waals surface area (Å²) in [6, 6.07) is 2.96.